The lowest BCUT2D eigenvalue weighted by atomic mass is 10.0. The van der Waals surface area contributed by atoms with Crippen molar-refractivity contribution in [3.8, 4) is 0 Å². The molecule has 2 heterocycles. The highest BCUT2D eigenvalue weighted by atomic mass is 16.3. The molecule has 1 aromatic heterocycles. The van der Waals surface area contributed by atoms with Crippen LogP contribution in [0, 0.1) is 0 Å². The molecule has 1 aliphatic rings. The summed E-state index contributed by atoms with van der Waals surface area (Å²) in [4.78, 5) is 9.26. The van der Waals surface area contributed by atoms with Crippen LogP contribution in [-0.2, 0) is 6.54 Å². The summed E-state index contributed by atoms with van der Waals surface area (Å²) in [7, 11) is 4.32. The number of rotatable bonds is 3. The van der Waals surface area contributed by atoms with Gasteiger partial charge in [-0.15, -0.1) is 0 Å². The van der Waals surface area contributed by atoms with Gasteiger partial charge in [0, 0.05) is 30.9 Å². The maximum absolute atomic E-state index is 5.78. The van der Waals surface area contributed by atoms with Gasteiger partial charge in [0.25, 0.3) is 0 Å². The molecule has 1 saturated heterocycles. The molecule has 0 aliphatic carbocycles. The Morgan fingerprint density at radius 1 is 1.35 bits per heavy atom. The van der Waals surface area contributed by atoms with E-state index in [0.717, 1.165) is 36.6 Å². The van der Waals surface area contributed by atoms with Crippen molar-refractivity contribution in [3.05, 3.63) is 24.1 Å². The van der Waals surface area contributed by atoms with Gasteiger partial charge < -0.3 is 15.1 Å². The minimum Gasteiger partial charge on any atom is -0.439 e. The highest BCUT2D eigenvalue weighted by Gasteiger charge is 2.21. The summed E-state index contributed by atoms with van der Waals surface area (Å²) in [6.45, 7) is 2.99. The normalized spacial score (nSPS) is 18.1. The first-order valence-corrected chi connectivity index (χ1v) is 7.15. The predicted molar refractivity (Wildman–Crippen MR) is 80.4 cm³/mol. The fourth-order valence-electron chi connectivity index (χ4n) is 2.84. The van der Waals surface area contributed by atoms with Gasteiger partial charge in [-0.05, 0) is 39.1 Å². The second-order valence-electron chi connectivity index (χ2n) is 5.81. The number of oxazole rings is 1. The van der Waals surface area contributed by atoms with Crippen LogP contribution in [-0.4, -0.2) is 48.0 Å². The summed E-state index contributed by atoms with van der Waals surface area (Å²) in [5.74, 6) is 0.786. The lowest BCUT2D eigenvalue weighted by Gasteiger charge is -2.34. The lowest BCUT2D eigenvalue weighted by Crippen LogP contribution is -2.41. The van der Waals surface area contributed by atoms with Crippen LogP contribution in [0.1, 0.15) is 18.7 Å². The molecule has 5 heteroatoms. The van der Waals surface area contributed by atoms with Gasteiger partial charge in [0.1, 0.15) is 5.52 Å². The SMILES string of the molecule is CN(C)C1CCN(Cc2nc3ccc(N)cc3o2)CC1. The molecule has 0 unspecified atom stereocenters. The van der Waals surface area contributed by atoms with Crippen LogP contribution in [0.25, 0.3) is 11.1 Å². The number of anilines is 1. The maximum Gasteiger partial charge on any atom is 0.209 e. The Kier molecular flexibility index (Phi) is 3.63. The molecule has 0 atom stereocenters. The first kappa shape index (κ1) is 13.4. The molecule has 5 nitrogen and oxygen atoms in total. The van der Waals surface area contributed by atoms with Gasteiger partial charge in [0.05, 0.1) is 6.54 Å². The number of hydrogen-bond donors (Lipinski definition) is 1. The number of nitrogens with zero attached hydrogens (tertiary/aromatic N) is 3. The largest absolute Gasteiger partial charge is 0.439 e. The van der Waals surface area contributed by atoms with Crippen molar-refractivity contribution in [3.63, 3.8) is 0 Å². The minimum atomic E-state index is 0.703. The summed E-state index contributed by atoms with van der Waals surface area (Å²) in [5, 5.41) is 0. The molecule has 108 valence electrons. The Labute approximate surface area is 119 Å². The predicted octanol–water partition coefficient (Wildman–Crippen LogP) is 1.94. The molecule has 0 bridgehead atoms. The molecular weight excluding hydrogens is 252 g/mol. The molecule has 2 aromatic rings. The number of aromatic nitrogens is 1. The molecular formula is C15H22N4O. The van der Waals surface area contributed by atoms with Crippen LogP contribution in [0.4, 0.5) is 5.69 Å². The standard InChI is InChI=1S/C15H22N4O/c1-18(2)12-5-7-19(8-6-12)10-15-17-13-4-3-11(16)9-14(13)20-15/h3-4,9,12H,5-8,10,16H2,1-2H3. The zero-order valence-electron chi connectivity index (χ0n) is 12.2. The quantitative estimate of drug-likeness (QED) is 0.867. The Balaban J connectivity index is 1.65. The van der Waals surface area contributed by atoms with E-state index in [-0.39, 0.29) is 0 Å². The van der Waals surface area contributed by atoms with Gasteiger partial charge in [-0.1, -0.05) is 0 Å². The highest BCUT2D eigenvalue weighted by Crippen LogP contribution is 2.21. The van der Waals surface area contributed by atoms with E-state index in [2.05, 4.69) is 28.9 Å². The molecule has 3 rings (SSSR count). The van der Waals surface area contributed by atoms with Crippen LogP contribution >= 0.6 is 0 Å². The van der Waals surface area contributed by atoms with E-state index in [0.29, 0.717) is 11.7 Å². The first-order valence-electron chi connectivity index (χ1n) is 7.15. The van der Waals surface area contributed by atoms with Gasteiger partial charge >= 0.3 is 0 Å². The van der Waals surface area contributed by atoms with Gasteiger partial charge in [0.15, 0.2) is 5.58 Å². The average Bonchev–Trinajstić information content (AvgIpc) is 2.80. The number of piperidine rings is 1. The Hall–Kier alpha value is -1.59. The van der Waals surface area contributed by atoms with Crippen LogP contribution in [0.5, 0.6) is 0 Å². The van der Waals surface area contributed by atoms with Crippen molar-refractivity contribution < 1.29 is 4.42 Å². The van der Waals surface area contributed by atoms with Gasteiger partial charge in [0.2, 0.25) is 5.89 Å². The zero-order valence-corrected chi connectivity index (χ0v) is 12.2. The molecule has 1 aromatic carbocycles. The molecule has 0 radical (unpaired) electrons. The minimum absolute atomic E-state index is 0.703. The van der Waals surface area contributed by atoms with E-state index in [1.54, 1.807) is 0 Å². The second kappa shape index (κ2) is 5.42. The van der Waals surface area contributed by atoms with Crippen LogP contribution in [0.15, 0.2) is 22.6 Å². The fraction of sp³-hybridized carbons (Fsp3) is 0.533. The highest BCUT2D eigenvalue weighted by molar-refractivity contribution is 5.76. The zero-order chi connectivity index (χ0) is 14.1. The van der Waals surface area contributed by atoms with Crippen molar-refractivity contribution in [1.82, 2.24) is 14.8 Å². The van der Waals surface area contributed by atoms with Crippen LogP contribution in [0.3, 0.4) is 0 Å². The van der Waals surface area contributed by atoms with E-state index in [1.807, 2.05) is 18.2 Å². The number of benzene rings is 1. The Morgan fingerprint density at radius 2 is 2.10 bits per heavy atom. The van der Waals surface area contributed by atoms with E-state index in [1.165, 1.54) is 12.8 Å². The van der Waals surface area contributed by atoms with E-state index in [9.17, 15) is 0 Å². The molecule has 0 saturated carbocycles. The number of fused-ring (bicyclic) bond motifs is 1. The molecule has 1 aliphatic heterocycles. The molecule has 0 amide bonds. The summed E-state index contributed by atoms with van der Waals surface area (Å²) in [6, 6.07) is 6.31. The first-order chi connectivity index (χ1) is 9.61. The summed E-state index contributed by atoms with van der Waals surface area (Å²) in [6.07, 6.45) is 2.42. The Bertz CT molecular complexity index is 585. The van der Waals surface area contributed by atoms with E-state index < -0.39 is 0 Å². The summed E-state index contributed by atoms with van der Waals surface area (Å²) >= 11 is 0. The third kappa shape index (κ3) is 2.78. The van der Waals surface area contributed by atoms with Gasteiger partial charge in [-0.3, -0.25) is 4.90 Å². The van der Waals surface area contributed by atoms with Crippen molar-refractivity contribution in [2.75, 3.05) is 32.9 Å². The maximum atomic E-state index is 5.78. The fourth-order valence-corrected chi connectivity index (χ4v) is 2.84. The van der Waals surface area contributed by atoms with Crippen LogP contribution < -0.4 is 5.73 Å². The van der Waals surface area contributed by atoms with Crippen molar-refractivity contribution in [2.45, 2.75) is 25.4 Å². The third-order valence-corrected chi connectivity index (χ3v) is 4.10. The molecule has 20 heavy (non-hydrogen) atoms. The number of likely N-dealkylation sites (tertiary alicyclic amines) is 1. The van der Waals surface area contributed by atoms with Crippen molar-refractivity contribution in [1.29, 1.82) is 0 Å². The topological polar surface area (TPSA) is 58.5 Å². The number of nitrogen functional groups attached to an aromatic ring is 1. The van der Waals surface area contributed by atoms with E-state index in [4.69, 9.17) is 10.2 Å². The third-order valence-electron chi connectivity index (χ3n) is 4.10. The van der Waals surface area contributed by atoms with Gasteiger partial charge in [-0.2, -0.15) is 0 Å². The monoisotopic (exact) mass is 274 g/mol. The lowest BCUT2D eigenvalue weighted by molar-refractivity contribution is 0.132. The summed E-state index contributed by atoms with van der Waals surface area (Å²) in [5.41, 5.74) is 8.14. The van der Waals surface area contributed by atoms with Crippen molar-refractivity contribution >= 4 is 16.8 Å². The molecule has 1 fully saturated rings. The van der Waals surface area contributed by atoms with Gasteiger partial charge in [-0.25, -0.2) is 4.98 Å². The Morgan fingerprint density at radius 3 is 2.80 bits per heavy atom. The molecule has 0 spiro atoms. The number of nitrogens with two attached hydrogens (primary N) is 1. The molecule has 2 N–H and O–H groups in total. The van der Waals surface area contributed by atoms with Crippen molar-refractivity contribution in [2.24, 2.45) is 0 Å². The smallest absolute Gasteiger partial charge is 0.209 e. The second-order valence-corrected chi connectivity index (χ2v) is 5.81. The average molecular weight is 274 g/mol. The van der Waals surface area contributed by atoms with Crippen LogP contribution in [0.2, 0.25) is 0 Å². The van der Waals surface area contributed by atoms with E-state index >= 15 is 0 Å². The summed E-state index contributed by atoms with van der Waals surface area (Å²) < 4.78 is 5.78. The number of hydrogen-bond acceptors (Lipinski definition) is 5.